The zero-order valence-corrected chi connectivity index (χ0v) is 21.4. The molecule has 0 bridgehead atoms. The van der Waals surface area contributed by atoms with Crippen molar-refractivity contribution >= 4 is 17.3 Å². The normalized spacial score (nSPS) is 29.8. The Labute approximate surface area is 222 Å². The first-order chi connectivity index (χ1) is 18.4. The van der Waals surface area contributed by atoms with Gasteiger partial charge in [0.25, 0.3) is 0 Å². The molecule has 2 aromatic carbocycles. The Morgan fingerprint density at radius 3 is 2.46 bits per heavy atom. The van der Waals surface area contributed by atoms with Gasteiger partial charge in [-0.1, -0.05) is 12.1 Å². The van der Waals surface area contributed by atoms with Crippen LogP contribution >= 0.6 is 0 Å². The summed E-state index contributed by atoms with van der Waals surface area (Å²) in [5.41, 5.74) is -1.54. The van der Waals surface area contributed by atoms with Crippen LogP contribution in [0.4, 0.5) is 0 Å². The molecule has 1 aliphatic heterocycles. The molecule has 2 aromatic rings. The van der Waals surface area contributed by atoms with Gasteiger partial charge in [-0.15, -0.1) is 5.21 Å². The highest BCUT2D eigenvalue weighted by Gasteiger charge is 2.49. The molecule has 1 radical (unpaired) electrons. The minimum atomic E-state index is -2.05. The molecule has 5 rings (SSSR count). The number of hydroxylamine groups is 1. The van der Waals surface area contributed by atoms with Crippen molar-refractivity contribution in [3.8, 4) is 17.2 Å². The fourth-order valence-corrected chi connectivity index (χ4v) is 5.74. The van der Waals surface area contributed by atoms with E-state index in [1.807, 2.05) is 0 Å². The first-order valence-corrected chi connectivity index (χ1v) is 12.4. The van der Waals surface area contributed by atoms with Crippen molar-refractivity contribution < 1.29 is 54.2 Å². The Morgan fingerprint density at radius 1 is 1.13 bits per heavy atom. The number of nitrogens with one attached hydrogen (secondary N) is 1. The topological polar surface area (TPSA) is 192 Å². The molecular weight excluding hydrogens is 514 g/mol. The average Bonchev–Trinajstić information content (AvgIpc) is 2.90. The van der Waals surface area contributed by atoms with Gasteiger partial charge in [0.05, 0.1) is 48.2 Å². The highest BCUT2D eigenvalue weighted by molar-refractivity contribution is 6.31. The summed E-state index contributed by atoms with van der Waals surface area (Å²) in [6.45, 7) is 2.68. The summed E-state index contributed by atoms with van der Waals surface area (Å²) in [7, 11) is 1.33. The second-order valence-corrected chi connectivity index (χ2v) is 10.2. The maximum atomic E-state index is 13.6. The number of aromatic hydroxyl groups is 2. The van der Waals surface area contributed by atoms with E-state index in [-0.39, 0.29) is 40.8 Å². The molecule has 39 heavy (non-hydrogen) atoms. The zero-order chi connectivity index (χ0) is 28.4. The number of Topliss-reactive ketones (excluding diaryl/α,β-unsaturated/α-hetero) is 1. The van der Waals surface area contributed by atoms with Crippen molar-refractivity contribution in [2.45, 2.75) is 69.4 Å². The van der Waals surface area contributed by atoms with Crippen LogP contribution in [0.3, 0.4) is 0 Å². The predicted molar refractivity (Wildman–Crippen MR) is 130 cm³/mol. The number of ketones is 3. The van der Waals surface area contributed by atoms with Crippen LogP contribution in [0.2, 0.25) is 0 Å². The number of ether oxygens (including phenoxy) is 3. The Balaban J connectivity index is 1.67. The van der Waals surface area contributed by atoms with Gasteiger partial charge in [0.15, 0.2) is 17.9 Å². The van der Waals surface area contributed by atoms with Gasteiger partial charge in [-0.3, -0.25) is 14.4 Å². The van der Waals surface area contributed by atoms with Gasteiger partial charge in [-0.25, -0.2) is 0 Å². The number of aliphatic hydroxyl groups excluding tert-OH is 1. The molecule has 12 heteroatoms. The van der Waals surface area contributed by atoms with E-state index in [0.29, 0.717) is 0 Å². The van der Waals surface area contributed by atoms with Crippen LogP contribution in [0.25, 0.3) is 0 Å². The maximum absolute atomic E-state index is 13.6. The van der Waals surface area contributed by atoms with E-state index < -0.39 is 82.6 Å². The second kappa shape index (κ2) is 9.66. The van der Waals surface area contributed by atoms with E-state index in [1.54, 1.807) is 5.48 Å². The standard InChI is InChI=1S/C27H28NO11/c1-10-22(30)14(28-36)7-17(38-10)39-16-9-27(35,11(2)29)8-13-19(16)26(34)21-20(24(13)32)23(31)12-5-4-6-15(37-3)18(12)25(21)33/h4-6,10,14,16-17,22,28,30,32,34-35H,7-9H2,1-3H3/t10?,14?,16-,17?,22?,27-/m0/s1. The molecule has 0 saturated carbocycles. The second-order valence-electron chi connectivity index (χ2n) is 10.2. The molecule has 1 heterocycles. The van der Waals surface area contributed by atoms with Gasteiger partial charge in [-0.2, -0.15) is 5.48 Å². The Kier molecular flexibility index (Phi) is 6.74. The van der Waals surface area contributed by atoms with Crippen LogP contribution in [0, 0.1) is 0 Å². The lowest BCUT2D eigenvalue weighted by atomic mass is 9.72. The van der Waals surface area contributed by atoms with Gasteiger partial charge in [0.1, 0.15) is 22.8 Å². The third-order valence-corrected chi connectivity index (χ3v) is 7.90. The lowest BCUT2D eigenvalue weighted by Crippen LogP contribution is -2.53. The summed E-state index contributed by atoms with van der Waals surface area (Å²) in [5.74, 6) is -3.36. The van der Waals surface area contributed by atoms with Crippen molar-refractivity contribution in [1.82, 2.24) is 5.48 Å². The Bertz CT molecular complexity index is 1390. The van der Waals surface area contributed by atoms with E-state index in [2.05, 4.69) is 0 Å². The molecular formula is C27H28NO11. The summed E-state index contributed by atoms with van der Waals surface area (Å²) < 4.78 is 17.0. The van der Waals surface area contributed by atoms with E-state index in [4.69, 9.17) is 14.2 Å². The Morgan fingerprint density at radius 2 is 1.82 bits per heavy atom. The average molecular weight is 543 g/mol. The van der Waals surface area contributed by atoms with Crippen LogP contribution < -0.4 is 10.2 Å². The fraction of sp³-hybridized carbons (Fsp3) is 0.444. The molecule has 0 amide bonds. The van der Waals surface area contributed by atoms with E-state index in [1.165, 1.54) is 32.2 Å². The number of rotatable bonds is 5. The van der Waals surface area contributed by atoms with Crippen molar-refractivity contribution in [1.29, 1.82) is 0 Å². The molecule has 5 N–H and O–H groups in total. The molecule has 12 nitrogen and oxygen atoms in total. The number of hydrogen-bond acceptors (Lipinski definition) is 11. The maximum Gasteiger partial charge on any atom is 0.202 e. The zero-order valence-electron chi connectivity index (χ0n) is 21.4. The van der Waals surface area contributed by atoms with Gasteiger partial charge in [-0.05, 0) is 19.9 Å². The monoisotopic (exact) mass is 542 g/mol. The first kappa shape index (κ1) is 27.2. The molecule has 3 aliphatic rings. The highest BCUT2D eigenvalue weighted by Crippen LogP contribution is 2.52. The number of phenolic OH excluding ortho intramolecular Hbond substituents is 2. The molecule has 1 fully saturated rings. The summed E-state index contributed by atoms with van der Waals surface area (Å²) >= 11 is 0. The molecule has 0 spiro atoms. The van der Waals surface area contributed by atoms with Crippen LogP contribution in [-0.2, 0) is 25.9 Å². The van der Waals surface area contributed by atoms with Crippen molar-refractivity contribution in [2.24, 2.45) is 0 Å². The SMILES string of the molecule is COc1cccc2c1C(=O)c1c(O)c3c(c(O)c1C2=O)C[C@@](O)(C(C)=O)C[C@@H]3OC1CC(N[O])C(O)C(C)O1. The fourth-order valence-electron chi connectivity index (χ4n) is 5.74. The number of methoxy groups -OCH3 is 1. The number of benzene rings is 2. The van der Waals surface area contributed by atoms with E-state index in [9.17, 15) is 40.0 Å². The number of phenols is 2. The van der Waals surface area contributed by atoms with Crippen LogP contribution in [0.1, 0.15) is 75.8 Å². The highest BCUT2D eigenvalue weighted by atomic mass is 16.7. The number of fused-ring (bicyclic) bond motifs is 3. The number of aliphatic hydroxyl groups is 2. The molecule has 207 valence electrons. The molecule has 0 aromatic heterocycles. The minimum absolute atomic E-state index is 0.0359. The predicted octanol–water partition coefficient (Wildman–Crippen LogP) is 1.01. The summed E-state index contributed by atoms with van der Waals surface area (Å²) in [6, 6.07) is 3.45. The number of carbonyl (C=O) groups is 3. The van der Waals surface area contributed by atoms with Crippen molar-refractivity contribution in [2.75, 3.05) is 7.11 Å². The number of carbonyl (C=O) groups excluding carboxylic acids is 3. The Hall–Kier alpha value is -3.39. The molecule has 1 saturated heterocycles. The van der Waals surface area contributed by atoms with Gasteiger partial charge in [0.2, 0.25) is 5.78 Å². The lowest BCUT2D eigenvalue weighted by Gasteiger charge is -2.42. The van der Waals surface area contributed by atoms with Crippen LogP contribution in [0.15, 0.2) is 18.2 Å². The molecule has 6 atom stereocenters. The van der Waals surface area contributed by atoms with Crippen LogP contribution in [-0.4, -0.2) is 75.0 Å². The third-order valence-electron chi connectivity index (χ3n) is 7.90. The van der Waals surface area contributed by atoms with Crippen molar-refractivity contribution in [3.05, 3.63) is 51.6 Å². The third kappa shape index (κ3) is 4.11. The van der Waals surface area contributed by atoms with Crippen molar-refractivity contribution in [3.63, 3.8) is 0 Å². The molecule has 4 unspecified atom stereocenters. The van der Waals surface area contributed by atoms with E-state index >= 15 is 0 Å². The lowest BCUT2D eigenvalue weighted by molar-refractivity contribution is -0.257. The summed E-state index contributed by atoms with van der Waals surface area (Å²) in [6.07, 6.45) is -5.33. The van der Waals surface area contributed by atoms with Gasteiger partial charge < -0.3 is 34.6 Å². The first-order valence-electron chi connectivity index (χ1n) is 12.4. The smallest absolute Gasteiger partial charge is 0.202 e. The quantitative estimate of drug-likeness (QED) is 0.228. The van der Waals surface area contributed by atoms with E-state index in [0.717, 1.165) is 6.92 Å². The largest absolute Gasteiger partial charge is 0.507 e. The summed E-state index contributed by atoms with van der Waals surface area (Å²) in [4.78, 5) is 39.6. The van der Waals surface area contributed by atoms with Gasteiger partial charge in [0, 0.05) is 36.0 Å². The number of hydrogen-bond donors (Lipinski definition) is 5. The van der Waals surface area contributed by atoms with Gasteiger partial charge >= 0.3 is 0 Å². The summed E-state index contributed by atoms with van der Waals surface area (Å²) in [5, 5.41) is 55.6. The molecule has 2 aliphatic carbocycles. The van der Waals surface area contributed by atoms with Crippen LogP contribution in [0.5, 0.6) is 17.2 Å². The minimum Gasteiger partial charge on any atom is -0.507 e.